The van der Waals surface area contributed by atoms with E-state index in [-0.39, 0.29) is 18.5 Å². The zero-order valence-corrected chi connectivity index (χ0v) is 12.2. The number of amides is 1. The Labute approximate surface area is 124 Å². The largest absolute Gasteiger partial charge is 0.352 e. The van der Waals surface area contributed by atoms with Gasteiger partial charge in [0.15, 0.2) is 0 Å². The van der Waals surface area contributed by atoms with Crippen molar-refractivity contribution in [2.45, 2.75) is 20.3 Å². The number of aromatic nitrogens is 3. The summed E-state index contributed by atoms with van der Waals surface area (Å²) in [6, 6.07) is 1.52. The molecule has 2 rings (SSSR count). The van der Waals surface area contributed by atoms with Crippen LogP contribution in [0.25, 0.3) is 0 Å². The van der Waals surface area contributed by atoms with E-state index in [9.17, 15) is 19.2 Å². The molecule has 0 bridgehead atoms. The van der Waals surface area contributed by atoms with E-state index in [1.807, 2.05) is 0 Å². The van der Waals surface area contributed by atoms with Crippen LogP contribution in [0.15, 0.2) is 26.6 Å². The summed E-state index contributed by atoms with van der Waals surface area (Å²) in [5.41, 5.74) is 0.347. The topological polar surface area (TPSA) is 128 Å². The third-order valence-electron chi connectivity index (χ3n) is 3.32. The number of nitrogens with one attached hydrogen (secondary N) is 4. The first-order valence-electron chi connectivity index (χ1n) is 6.68. The lowest BCUT2D eigenvalue weighted by molar-refractivity contribution is 0.0952. The molecule has 116 valence electrons. The number of carbonyl (C=O) groups excluding carboxylic acids is 1. The van der Waals surface area contributed by atoms with Gasteiger partial charge in [-0.1, -0.05) is 0 Å². The average molecular weight is 304 g/mol. The second kappa shape index (κ2) is 6.25. The van der Waals surface area contributed by atoms with Gasteiger partial charge in [0.2, 0.25) is 0 Å². The van der Waals surface area contributed by atoms with E-state index >= 15 is 0 Å². The van der Waals surface area contributed by atoms with Crippen molar-refractivity contribution in [2.24, 2.45) is 0 Å². The quantitative estimate of drug-likeness (QED) is 0.598. The summed E-state index contributed by atoms with van der Waals surface area (Å²) in [5, 5.41) is 2.57. The highest BCUT2D eigenvalue weighted by atomic mass is 16.2. The molecule has 0 fully saturated rings. The molecular formula is C14H16N4O4. The van der Waals surface area contributed by atoms with E-state index in [1.165, 1.54) is 12.3 Å². The molecule has 0 aliphatic rings. The van der Waals surface area contributed by atoms with Gasteiger partial charge in [0, 0.05) is 24.0 Å². The molecule has 0 saturated carbocycles. The van der Waals surface area contributed by atoms with Crippen molar-refractivity contribution in [1.29, 1.82) is 0 Å². The lowest BCUT2D eigenvalue weighted by Crippen LogP contribution is -2.33. The van der Waals surface area contributed by atoms with Crippen LogP contribution in [0.1, 0.15) is 27.2 Å². The molecule has 2 aromatic rings. The minimum atomic E-state index is -0.584. The smallest absolute Gasteiger partial charge is 0.325 e. The molecule has 0 saturated heterocycles. The Morgan fingerprint density at radius 3 is 2.55 bits per heavy atom. The lowest BCUT2D eigenvalue weighted by Gasteiger charge is -2.06. The van der Waals surface area contributed by atoms with Gasteiger partial charge in [-0.2, -0.15) is 0 Å². The molecule has 8 heteroatoms. The first-order chi connectivity index (χ1) is 10.4. The van der Waals surface area contributed by atoms with Gasteiger partial charge in [0.05, 0.1) is 0 Å². The van der Waals surface area contributed by atoms with Crippen molar-refractivity contribution in [2.75, 3.05) is 6.54 Å². The van der Waals surface area contributed by atoms with Gasteiger partial charge in [-0.25, -0.2) is 4.79 Å². The van der Waals surface area contributed by atoms with Gasteiger partial charge in [0.1, 0.15) is 5.56 Å². The molecule has 0 spiro atoms. The van der Waals surface area contributed by atoms with Crippen LogP contribution in [-0.4, -0.2) is 27.4 Å². The highest BCUT2D eigenvalue weighted by Crippen LogP contribution is 2.02. The summed E-state index contributed by atoms with van der Waals surface area (Å²) in [6.07, 6.45) is 1.54. The van der Waals surface area contributed by atoms with Crippen molar-refractivity contribution < 1.29 is 4.79 Å². The molecule has 22 heavy (non-hydrogen) atoms. The summed E-state index contributed by atoms with van der Waals surface area (Å²) in [7, 11) is 0. The molecule has 1 amide bonds. The number of hydrogen-bond acceptors (Lipinski definition) is 4. The number of pyridine rings is 1. The maximum Gasteiger partial charge on any atom is 0.325 e. The highest BCUT2D eigenvalue weighted by molar-refractivity contribution is 5.94. The Kier molecular flexibility index (Phi) is 4.40. The van der Waals surface area contributed by atoms with Gasteiger partial charge in [-0.15, -0.1) is 0 Å². The van der Waals surface area contributed by atoms with E-state index in [0.29, 0.717) is 11.3 Å². The molecule has 0 aliphatic carbocycles. The molecule has 4 N–H and O–H groups in total. The van der Waals surface area contributed by atoms with E-state index < -0.39 is 22.7 Å². The average Bonchev–Trinajstić information content (AvgIpc) is 2.45. The summed E-state index contributed by atoms with van der Waals surface area (Å²) in [5.74, 6) is -0.509. The fourth-order valence-corrected chi connectivity index (χ4v) is 1.92. The van der Waals surface area contributed by atoms with E-state index in [2.05, 4.69) is 20.3 Å². The third kappa shape index (κ3) is 3.40. The zero-order valence-electron chi connectivity index (χ0n) is 12.2. The van der Waals surface area contributed by atoms with Crippen LogP contribution in [0.2, 0.25) is 0 Å². The zero-order chi connectivity index (χ0) is 16.3. The van der Waals surface area contributed by atoms with Gasteiger partial charge in [-0.05, 0) is 31.9 Å². The number of carbonyl (C=O) groups is 1. The van der Waals surface area contributed by atoms with Crippen molar-refractivity contribution >= 4 is 5.91 Å². The molecule has 0 unspecified atom stereocenters. The number of H-pyrrole nitrogens is 3. The van der Waals surface area contributed by atoms with Crippen LogP contribution >= 0.6 is 0 Å². The predicted octanol–water partition coefficient (Wildman–Crippen LogP) is -0.659. The SMILES string of the molecule is Cc1cc(C(=O)NCCc2c[nH]c(=O)[nH]c2=O)c(=O)[nH]c1C. The minimum absolute atomic E-state index is 0.0264. The summed E-state index contributed by atoms with van der Waals surface area (Å²) >= 11 is 0. The van der Waals surface area contributed by atoms with Gasteiger partial charge >= 0.3 is 5.69 Å². The first kappa shape index (κ1) is 15.5. The highest BCUT2D eigenvalue weighted by Gasteiger charge is 2.11. The Hall–Kier alpha value is -2.90. The van der Waals surface area contributed by atoms with Crippen LogP contribution < -0.4 is 22.1 Å². The van der Waals surface area contributed by atoms with Crippen LogP contribution in [0.5, 0.6) is 0 Å². The maximum absolute atomic E-state index is 12.0. The number of hydrogen-bond donors (Lipinski definition) is 4. The lowest BCUT2D eigenvalue weighted by atomic mass is 10.1. The fourth-order valence-electron chi connectivity index (χ4n) is 1.92. The molecule has 0 atom stereocenters. The van der Waals surface area contributed by atoms with Crippen LogP contribution in [0.4, 0.5) is 0 Å². The van der Waals surface area contributed by atoms with Gasteiger partial charge in [0.25, 0.3) is 17.0 Å². The Bertz CT molecular complexity index is 875. The summed E-state index contributed by atoms with van der Waals surface area (Å²) < 4.78 is 0. The van der Waals surface area contributed by atoms with E-state index in [4.69, 9.17) is 0 Å². The second-order valence-corrected chi connectivity index (χ2v) is 4.92. The predicted molar refractivity (Wildman–Crippen MR) is 80.3 cm³/mol. The Balaban J connectivity index is 2.04. The fraction of sp³-hybridized carbons (Fsp3) is 0.286. The van der Waals surface area contributed by atoms with Gasteiger partial charge < -0.3 is 15.3 Å². The Morgan fingerprint density at radius 1 is 1.14 bits per heavy atom. The molecule has 0 aromatic carbocycles. The van der Waals surface area contributed by atoms with E-state index in [1.54, 1.807) is 13.8 Å². The van der Waals surface area contributed by atoms with E-state index in [0.717, 1.165) is 5.56 Å². The van der Waals surface area contributed by atoms with Crippen molar-refractivity contribution in [1.82, 2.24) is 20.3 Å². The standard InChI is InChI=1S/C14H16N4O4/c1-7-5-10(13(21)17-8(7)2)12(20)15-4-3-9-6-16-14(22)18-11(9)19/h5-6H,3-4H2,1-2H3,(H,15,20)(H,17,21)(H2,16,18,19,22). The first-order valence-corrected chi connectivity index (χ1v) is 6.68. The minimum Gasteiger partial charge on any atom is -0.352 e. The molecule has 2 aromatic heterocycles. The molecular weight excluding hydrogens is 288 g/mol. The van der Waals surface area contributed by atoms with Crippen LogP contribution in [0, 0.1) is 13.8 Å². The van der Waals surface area contributed by atoms with Crippen LogP contribution in [-0.2, 0) is 6.42 Å². The molecule has 0 radical (unpaired) electrons. The number of rotatable bonds is 4. The summed E-state index contributed by atoms with van der Waals surface area (Å²) in [4.78, 5) is 53.1. The number of aromatic amines is 3. The normalized spacial score (nSPS) is 10.5. The monoisotopic (exact) mass is 304 g/mol. The maximum atomic E-state index is 12.0. The second-order valence-electron chi connectivity index (χ2n) is 4.92. The van der Waals surface area contributed by atoms with Gasteiger partial charge in [-0.3, -0.25) is 19.4 Å². The third-order valence-corrected chi connectivity index (χ3v) is 3.32. The molecule has 2 heterocycles. The van der Waals surface area contributed by atoms with Crippen molar-refractivity contribution in [3.8, 4) is 0 Å². The molecule has 0 aliphatic heterocycles. The van der Waals surface area contributed by atoms with Crippen molar-refractivity contribution in [3.63, 3.8) is 0 Å². The van der Waals surface area contributed by atoms with Crippen molar-refractivity contribution in [3.05, 3.63) is 65.8 Å². The summed E-state index contributed by atoms with van der Waals surface area (Å²) in [6.45, 7) is 3.71. The van der Waals surface area contributed by atoms with Crippen LogP contribution in [0.3, 0.4) is 0 Å². The Morgan fingerprint density at radius 2 is 1.86 bits per heavy atom. The molecule has 8 nitrogen and oxygen atoms in total. The number of aryl methyl sites for hydroxylation is 2.